The molecule has 0 radical (unpaired) electrons. The van der Waals surface area contributed by atoms with Crippen LogP contribution in [0, 0.1) is 19.8 Å². The zero-order valence-electron chi connectivity index (χ0n) is 15.9. The molecule has 2 amide bonds. The van der Waals surface area contributed by atoms with E-state index in [4.69, 9.17) is 0 Å². The van der Waals surface area contributed by atoms with Gasteiger partial charge >= 0.3 is 0 Å². The van der Waals surface area contributed by atoms with Gasteiger partial charge in [0, 0.05) is 11.7 Å². The maximum absolute atomic E-state index is 12.3. The van der Waals surface area contributed by atoms with Crippen molar-refractivity contribution in [3.8, 4) is 0 Å². The van der Waals surface area contributed by atoms with Gasteiger partial charge < -0.3 is 15.5 Å². The number of likely N-dealkylation sites (N-methyl/N-ethyl adjacent to an activating group) is 1. The number of hydrogen-bond donors (Lipinski definition) is 3. The van der Waals surface area contributed by atoms with E-state index in [-0.39, 0.29) is 24.4 Å². The molecule has 1 saturated carbocycles. The van der Waals surface area contributed by atoms with Gasteiger partial charge in [-0.1, -0.05) is 38.0 Å². The maximum Gasteiger partial charge on any atom is 0.279 e. The van der Waals surface area contributed by atoms with Crippen molar-refractivity contribution in [2.75, 3.05) is 25.5 Å². The van der Waals surface area contributed by atoms with Crippen molar-refractivity contribution >= 4 is 17.5 Å². The summed E-state index contributed by atoms with van der Waals surface area (Å²) in [4.78, 5) is 25.4. The Morgan fingerprint density at radius 1 is 1.08 bits per heavy atom. The fraction of sp³-hybridized carbons (Fsp3) is 0.600. The molecule has 2 rings (SSSR count). The van der Waals surface area contributed by atoms with E-state index in [1.54, 1.807) is 0 Å². The summed E-state index contributed by atoms with van der Waals surface area (Å²) in [5.74, 6) is 0.523. The predicted octanol–water partition coefficient (Wildman–Crippen LogP) is 1.45. The van der Waals surface area contributed by atoms with Crippen molar-refractivity contribution in [1.29, 1.82) is 0 Å². The number of amides is 2. The highest BCUT2D eigenvalue weighted by Gasteiger charge is 2.24. The van der Waals surface area contributed by atoms with Crippen molar-refractivity contribution in [2.45, 2.75) is 52.5 Å². The van der Waals surface area contributed by atoms with Crippen molar-refractivity contribution in [3.05, 3.63) is 29.3 Å². The topological polar surface area (TPSA) is 62.6 Å². The van der Waals surface area contributed by atoms with Crippen LogP contribution in [0.4, 0.5) is 5.69 Å². The summed E-state index contributed by atoms with van der Waals surface area (Å²) < 4.78 is 0. The summed E-state index contributed by atoms with van der Waals surface area (Å²) in [6.45, 7) is 6.78. The Labute approximate surface area is 151 Å². The number of aryl methyl sites for hydroxylation is 2. The van der Waals surface area contributed by atoms with Gasteiger partial charge in [-0.05, 0) is 43.7 Å². The van der Waals surface area contributed by atoms with E-state index in [2.05, 4.69) is 17.6 Å². The largest absolute Gasteiger partial charge is 0.348 e. The first-order valence-electron chi connectivity index (χ1n) is 9.33. The average molecular weight is 346 g/mol. The number of para-hydroxylation sites is 1. The Kier molecular flexibility index (Phi) is 7.00. The number of carbonyl (C=O) groups excluding carboxylic acids is 2. The standard InChI is InChI=1S/C20H31N3O2/c1-14-8-5-6-11-17(14)21-18(24)12-23(4)13-19(25)22-20-15(2)9-7-10-16(20)3/h7,9-10,14,17H,5-6,8,11-13H2,1-4H3,(H,21,24)(H,22,25)/p+1/t14-,17+/m0/s1. The molecule has 0 saturated heterocycles. The van der Waals surface area contributed by atoms with E-state index in [0.717, 1.165) is 28.1 Å². The molecule has 0 heterocycles. The van der Waals surface area contributed by atoms with Crippen LogP contribution in [0.15, 0.2) is 18.2 Å². The fourth-order valence-electron chi connectivity index (χ4n) is 3.59. The molecule has 0 spiro atoms. The molecular weight excluding hydrogens is 314 g/mol. The second-order valence-electron chi connectivity index (χ2n) is 7.56. The summed E-state index contributed by atoms with van der Waals surface area (Å²) in [6.07, 6.45) is 4.71. The van der Waals surface area contributed by atoms with E-state index < -0.39 is 0 Å². The first kappa shape index (κ1) is 19.4. The highest BCUT2D eigenvalue weighted by Crippen LogP contribution is 2.23. The number of anilines is 1. The number of hydrogen-bond acceptors (Lipinski definition) is 2. The van der Waals surface area contributed by atoms with Gasteiger partial charge in [0.25, 0.3) is 11.8 Å². The van der Waals surface area contributed by atoms with Crippen molar-refractivity contribution in [2.24, 2.45) is 5.92 Å². The molecule has 1 aliphatic carbocycles. The number of rotatable bonds is 6. The van der Waals surface area contributed by atoms with Crippen LogP contribution in [0.2, 0.25) is 0 Å². The van der Waals surface area contributed by atoms with Crippen molar-refractivity contribution in [3.63, 3.8) is 0 Å². The molecular formula is C20H32N3O2+. The SMILES string of the molecule is Cc1cccc(C)c1NC(=O)C[NH+](C)CC(=O)N[C@@H]1CCCC[C@@H]1C. The molecule has 0 bridgehead atoms. The Bertz CT molecular complexity index is 595. The van der Waals surface area contributed by atoms with Crippen LogP contribution >= 0.6 is 0 Å². The molecule has 0 aliphatic heterocycles. The zero-order valence-corrected chi connectivity index (χ0v) is 15.9. The quantitative estimate of drug-likeness (QED) is 0.730. The first-order valence-corrected chi connectivity index (χ1v) is 9.33. The summed E-state index contributed by atoms with van der Waals surface area (Å²) in [5.41, 5.74) is 2.98. The summed E-state index contributed by atoms with van der Waals surface area (Å²) in [7, 11) is 1.88. The summed E-state index contributed by atoms with van der Waals surface area (Å²) >= 11 is 0. The third-order valence-electron chi connectivity index (χ3n) is 5.13. The van der Waals surface area contributed by atoms with Crippen LogP contribution in [0.3, 0.4) is 0 Å². The van der Waals surface area contributed by atoms with Crippen LogP contribution in [0.1, 0.15) is 43.7 Å². The fourth-order valence-corrected chi connectivity index (χ4v) is 3.59. The molecule has 1 unspecified atom stereocenters. The number of quaternary nitrogens is 1. The van der Waals surface area contributed by atoms with Crippen molar-refractivity contribution in [1.82, 2.24) is 5.32 Å². The lowest BCUT2D eigenvalue weighted by molar-refractivity contribution is -0.862. The third kappa shape index (κ3) is 5.85. The molecule has 25 heavy (non-hydrogen) atoms. The molecule has 0 aromatic heterocycles. The van der Waals surface area contributed by atoms with Gasteiger partial charge in [0.05, 0.1) is 7.05 Å². The molecule has 1 aromatic carbocycles. The summed E-state index contributed by atoms with van der Waals surface area (Å²) in [6, 6.07) is 6.24. The lowest BCUT2D eigenvalue weighted by Crippen LogP contribution is -3.11. The van der Waals surface area contributed by atoms with Crippen LogP contribution in [-0.4, -0.2) is 38.0 Å². The second-order valence-corrected chi connectivity index (χ2v) is 7.56. The van der Waals surface area contributed by atoms with Crippen molar-refractivity contribution < 1.29 is 14.5 Å². The van der Waals surface area contributed by atoms with E-state index in [0.29, 0.717) is 12.5 Å². The van der Waals surface area contributed by atoms with Gasteiger partial charge in [-0.2, -0.15) is 0 Å². The van der Waals surface area contributed by atoms with Crippen LogP contribution < -0.4 is 15.5 Å². The highest BCUT2D eigenvalue weighted by molar-refractivity contribution is 5.93. The zero-order chi connectivity index (χ0) is 18.4. The van der Waals surface area contributed by atoms with Gasteiger partial charge in [-0.15, -0.1) is 0 Å². The Morgan fingerprint density at radius 3 is 2.32 bits per heavy atom. The number of benzene rings is 1. The van der Waals surface area contributed by atoms with Crippen LogP contribution in [0.5, 0.6) is 0 Å². The number of carbonyl (C=O) groups is 2. The molecule has 5 nitrogen and oxygen atoms in total. The lowest BCUT2D eigenvalue weighted by atomic mass is 9.86. The van der Waals surface area contributed by atoms with E-state index in [1.807, 2.05) is 39.1 Å². The lowest BCUT2D eigenvalue weighted by Gasteiger charge is -2.29. The average Bonchev–Trinajstić information content (AvgIpc) is 2.53. The van der Waals surface area contributed by atoms with Gasteiger partial charge in [-0.3, -0.25) is 9.59 Å². The molecule has 1 fully saturated rings. The maximum atomic E-state index is 12.3. The predicted molar refractivity (Wildman–Crippen MR) is 101 cm³/mol. The third-order valence-corrected chi connectivity index (χ3v) is 5.13. The van der Waals surface area contributed by atoms with E-state index >= 15 is 0 Å². The van der Waals surface area contributed by atoms with Gasteiger partial charge in [0.1, 0.15) is 0 Å². The molecule has 5 heteroatoms. The summed E-state index contributed by atoms with van der Waals surface area (Å²) in [5, 5.41) is 6.13. The Morgan fingerprint density at radius 2 is 1.68 bits per heavy atom. The normalized spacial score (nSPS) is 21.4. The number of nitrogens with one attached hydrogen (secondary N) is 3. The minimum Gasteiger partial charge on any atom is -0.348 e. The monoisotopic (exact) mass is 346 g/mol. The first-order chi connectivity index (χ1) is 11.9. The van der Waals surface area contributed by atoms with Crippen LogP contribution in [-0.2, 0) is 9.59 Å². The van der Waals surface area contributed by atoms with Gasteiger partial charge in [0.2, 0.25) is 0 Å². The van der Waals surface area contributed by atoms with Gasteiger partial charge in [-0.25, -0.2) is 0 Å². The second kappa shape index (κ2) is 8.99. The highest BCUT2D eigenvalue weighted by atomic mass is 16.2. The molecule has 138 valence electrons. The molecule has 1 aromatic rings. The molecule has 3 atom stereocenters. The van der Waals surface area contributed by atoms with E-state index in [9.17, 15) is 9.59 Å². The molecule has 3 N–H and O–H groups in total. The van der Waals surface area contributed by atoms with Gasteiger partial charge in [0.15, 0.2) is 13.1 Å². The Balaban J connectivity index is 1.80. The smallest absolute Gasteiger partial charge is 0.279 e. The minimum atomic E-state index is -0.0614. The van der Waals surface area contributed by atoms with E-state index in [1.165, 1.54) is 19.3 Å². The molecule has 1 aliphatic rings. The minimum absolute atomic E-state index is 0.0381. The van der Waals surface area contributed by atoms with Crippen LogP contribution in [0.25, 0.3) is 0 Å². The Hall–Kier alpha value is -1.88.